The van der Waals surface area contributed by atoms with Gasteiger partial charge in [-0.3, -0.25) is 9.59 Å². The van der Waals surface area contributed by atoms with Crippen molar-refractivity contribution in [3.8, 4) is 0 Å². The zero-order chi connectivity index (χ0) is 18.3. The Morgan fingerprint density at radius 1 is 1.23 bits per heavy atom. The Hall–Kier alpha value is -3.10. The molecule has 0 atom stereocenters. The quantitative estimate of drug-likeness (QED) is 0.749. The van der Waals surface area contributed by atoms with Crippen LogP contribution in [0.2, 0.25) is 0 Å². The van der Waals surface area contributed by atoms with Gasteiger partial charge in [0.15, 0.2) is 11.2 Å². The summed E-state index contributed by atoms with van der Waals surface area (Å²) in [7, 11) is 0. The molecule has 8 nitrogen and oxygen atoms in total. The number of fused-ring (bicyclic) bond motifs is 1. The van der Waals surface area contributed by atoms with Crippen molar-refractivity contribution in [3.63, 3.8) is 0 Å². The fraction of sp³-hybridized carbons (Fsp3) is 0.353. The molecule has 4 rings (SSSR count). The first-order valence-electron chi connectivity index (χ1n) is 8.39. The molecule has 3 aromatic rings. The molecule has 9 heteroatoms. The van der Waals surface area contributed by atoms with Crippen LogP contribution in [-0.2, 0) is 0 Å². The van der Waals surface area contributed by atoms with E-state index in [1.54, 1.807) is 16.5 Å². The molecule has 0 bridgehead atoms. The molecule has 1 aliphatic heterocycles. The molecule has 3 heterocycles. The lowest BCUT2D eigenvalue weighted by molar-refractivity contribution is 0.0691. The van der Waals surface area contributed by atoms with E-state index in [1.807, 2.05) is 0 Å². The number of carbonyl (C=O) groups excluding carboxylic acids is 1. The molecule has 0 aliphatic carbocycles. The average Bonchev–Trinajstić information content (AvgIpc) is 3.06. The van der Waals surface area contributed by atoms with Crippen molar-refractivity contribution >= 4 is 17.1 Å². The Kier molecular flexibility index (Phi) is 3.98. The van der Waals surface area contributed by atoms with E-state index < -0.39 is 0 Å². The summed E-state index contributed by atoms with van der Waals surface area (Å²) in [5.74, 6) is 0.0309. The van der Waals surface area contributed by atoms with Gasteiger partial charge in [-0.25, -0.2) is 14.1 Å². The van der Waals surface area contributed by atoms with Crippen molar-refractivity contribution in [2.24, 2.45) is 0 Å². The fourth-order valence-electron chi connectivity index (χ4n) is 3.28. The Bertz CT molecular complexity index is 1020. The van der Waals surface area contributed by atoms with Gasteiger partial charge in [0, 0.05) is 18.7 Å². The van der Waals surface area contributed by atoms with Crippen molar-refractivity contribution in [3.05, 3.63) is 51.8 Å². The number of H-pyrrole nitrogens is 1. The molecule has 1 aliphatic rings. The number of rotatable bonds is 2. The molecule has 1 saturated heterocycles. The van der Waals surface area contributed by atoms with Crippen LogP contribution in [0.15, 0.2) is 29.1 Å². The highest BCUT2D eigenvalue weighted by Gasteiger charge is 2.27. The smallest absolute Gasteiger partial charge is 0.281 e. The Morgan fingerprint density at radius 2 is 1.92 bits per heavy atom. The third kappa shape index (κ3) is 2.85. The van der Waals surface area contributed by atoms with Gasteiger partial charge in [0.25, 0.3) is 11.5 Å². The minimum Gasteiger partial charge on any atom is -0.338 e. The lowest BCUT2D eigenvalue weighted by atomic mass is 10.0. The molecule has 0 spiro atoms. The number of piperidine rings is 1. The van der Waals surface area contributed by atoms with Crippen LogP contribution in [0.4, 0.5) is 4.39 Å². The minimum absolute atomic E-state index is 0.0194. The normalized spacial score (nSPS) is 15.5. The molecule has 1 aromatic carbocycles. The summed E-state index contributed by atoms with van der Waals surface area (Å²) in [4.78, 5) is 33.1. The number of likely N-dealkylation sites (tertiary alicyclic amines) is 1. The van der Waals surface area contributed by atoms with Gasteiger partial charge in [-0.15, -0.1) is 5.10 Å². The Balaban J connectivity index is 1.51. The third-order valence-corrected chi connectivity index (χ3v) is 4.64. The summed E-state index contributed by atoms with van der Waals surface area (Å²) in [5, 5.41) is 8.03. The van der Waals surface area contributed by atoms with Gasteiger partial charge < -0.3 is 9.88 Å². The largest absolute Gasteiger partial charge is 0.338 e. The summed E-state index contributed by atoms with van der Waals surface area (Å²) in [6, 6.07) is 5.58. The van der Waals surface area contributed by atoms with Gasteiger partial charge in [-0.2, -0.15) is 0 Å². The first kappa shape index (κ1) is 16.4. The number of hydrogen-bond acceptors (Lipinski definition) is 5. The second kappa shape index (κ2) is 6.32. The van der Waals surface area contributed by atoms with Crippen LogP contribution < -0.4 is 5.56 Å². The molecular weight excluding hydrogens is 339 g/mol. The average molecular weight is 356 g/mol. The van der Waals surface area contributed by atoms with Crippen LogP contribution in [-0.4, -0.2) is 48.9 Å². The third-order valence-electron chi connectivity index (χ3n) is 4.64. The van der Waals surface area contributed by atoms with Crippen LogP contribution >= 0.6 is 0 Å². The maximum Gasteiger partial charge on any atom is 0.281 e. The van der Waals surface area contributed by atoms with E-state index in [1.165, 1.54) is 24.3 Å². The van der Waals surface area contributed by atoms with E-state index in [0.717, 1.165) is 0 Å². The first-order chi connectivity index (χ1) is 12.5. The van der Waals surface area contributed by atoms with E-state index in [0.29, 0.717) is 43.0 Å². The van der Waals surface area contributed by atoms with Crippen LogP contribution in [0.5, 0.6) is 0 Å². The van der Waals surface area contributed by atoms with Crippen LogP contribution in [0, 0.1) is 12.7 Å². The molecular formula is C17H17FN6O2. The molecule has 1 fully saturated rings. The maximum atomic E-state index is 13.0. The van der Waals surface area contributed by atoms with Crippen molar-refractivity contribution in [1.82, 2.24) is 29.9 Å². The number of benzene rings is 1. The van der Waals surface area contributed by atoms with Crippen molar-refractivity contribution in [2.75, 3.05) is 13.1 Å². The number of halogens is 1. The fourth-order valence-corrected chi connectivity index (χ4v) is 3.28. The monoisotopic (exact) mass is 356 g/mol. The highest BCUT2D eigenvalue weighted by molar-refractivity contribution is 5.94. The molecule has 0 unspecified atom stereocenters. The van der Waals surface area contributed by atoms with Crippen molar-refractivity contribution in [2.45, 2.75) is 25.8 Å². The number of carbonyl (C=O) groups is 1. The van der Waals surface area contributed by atoms with Crippen LogP contribution in [0.1, 0.15) is 35.1 Å². The number of amides is 1. The second-order valence-corrected chi connectivity index (χ2v) is 6.39. The van der Waals surface area contributed by atoms with Crippen molar-refractivity contribution in [1.29, 1.82) is 0 Å². The van der Waals surface area contributed by atoms with Crippen LogP contribution in [0.3, 0.4) is 0 Å². The van der Waals surface area contributed by atoms with Gasteiger partial charge in [-0.05, 0) is 44.0 Å². The van der Waals surface area contributed by atoms with E-state index >= 15 is 0 Å². The molecule has 1 N–H and O–H groups in total. The number of aromatic amines is 1. The highest BCUT2D eigenvalue weighted by atomic mass is 19.1. The Morgan fingerprint density at radius 3 is 2.62 bits per heavy atom. The standard InChI is InChI=1S/C17H17FN6O2/c1-10-19-15-14(16(25)20-10)21-22-24(15)13-6-8-23(9-7-13)17(26)11-2-4-12(18)5-3-11/h2-5,13H,6-9H2,1H3,(H,19,20,25). The second-order valence-electron chi connectivity index (χ2n) is 6.39. The lowest BCUT2D eigenvalue weighted by Crippen LogP contribution is -2.39. The summed E-state index contributed by atoms with van der Waals surface area (Å²) in [6.07, 6.45) is 1.36. The molecule has 1 amide bonds. The number of aromatic nitrogens is 5. The summed E-state index contributed by atoms with van der Waals surface area (Å²) >= 11 is 0. The summed E-state index contributed by atoms with van der Waals surface area (Å²) < 4.78 is 14.7. The van der Waals surface area contributed by atoms with Gasteiger partial charge >= 0.3 is 0 Å². The van der Waals surface area contributed by atoms with Gasteiger partial charge in [0.2, 0.25) is 0 Å². The van der Waals surface area contributed by atoms with Gasteiger partial charge in [0.05, 0.1) is 6.04 Å². The SMILES string of the molecule is Cc1nc2c(nnn2C2CCN(C(=O)c3ccc(F)cc3)CC2)c(=O)[nH]1. The molecule has 0 saturated carbocycles. The molecule has 2 aromatic heterocycles. The van der Waals surface area contributed by atoms with E-state index in [-0.39, 0.29) is 28.8 Å². The van der Waals surface area contributed by atoms with E-state index in [4.69, 9.17) is 0 Å². The summed E-state index contributed by atoms with van der Waals surface area (Å²) in [6.45, 7) is 2.80. The van der Waals surface area contributed by atoms with E-state index in [9.17, 15) is 14.0 Å². The molecule has 134 valence electrons. The maximum absolute atomic E-state index is 13.0. The number of aryl methyl sites for hydroxylation is 1. The predicted octanol–water partition coefficient (Wildman–Crippen LogP) is 1.44. The van der Waals surface area contributed by atoms with Gasteiger partial charge in [-0.1, -0.05) is 5.21 Å². The topological polar surface area (TPSA) is 96.8 Å². The number of nitrogens with one attached hydrogen (secondary N) is 1. The molecule has 26 heavy (non-hydrogen) atoms. The number of hydrogen-bond donors (Lipinski definition) is 1. The predicted molar refractivity (Wildman–Crippen MR) is 91.3 cm³/mol. The zero-order valence-electron chi connectivity index (χ0n) is 14.1. The van der Waals surface area contributed by atoms with Gasteiger partial charge in [0.1, 0.15) is 11.6 Å². The van der Waals surface area contributed by atoms with Crippen LogP contribution in [0.25, 0.3) is 11.2 Å². The first-order valence-corrected chi connectivity index (χ1v) is 8.39. The number of nitrogens with zero attached hydrogens (tertiary/aromatic N) is 5. The highest BCUT2D eigenvalue weighted by Crippen LogP contribution is 2.24. The Labute approximate surface area is 147 Å². The molecule has 0 radical (unpaired) electrons. The zero-order valence-corrected chi connectivity index (χ0v) is 14.1. The van der Waals surface area contributed by atoms with E-state index in [2.05, 4.69) is 20.3 Å². The lowest BCUT2D eigenvalue weighted by Gasteiger charge is -2.32. The minimum atomic E-state index is -0.365. The van der Waals surface area contributed by atoms with Crippen molar-refractivity contribution < 1.29 is 9.18 Å². The summed E-state index contributed by atoms with van der Waals surface area (Å²) in [5.41, 5.74) is 0.859.